The van der Waals surface area contributed by atoms with Crippen molar-refractivity contribution >= 4 is 22.6 Å². The highest BCUT2D eigenvalue weighted by Crippen LogP contribution is 2.19. The number of hydrogen-bond donors (Lipinski definition) is 1. The minimum atomic E-state index is -0.0875. The van der Waals surface area contributed by atoms with E-state index in [0.29, 0.717) is 11.5 Å². The van der Waals surface area contributed by atoms with Gasteiger partial charge in [-0.15, -0.1) is 5.10 Å². The molecule has 0 saturated heterocycles. The van der Waals surface area contributed by atoms with Crippen LogP contribution in [0.5, 0.6) is 0 Å². The van der Waals surface area contributed by atoms with E-state index in [1.807, 2.05) is 17.0 Å². The highest BCUT2D eigenvalue weighted by molar-refractivity contribution is 7.10. The third-order valence-electron chi connectivity index (χ3n) is 3.01. The molecule has 0 atom stereocenters. The molecule has 18 heavy (non-hydrogen) atoms. The lowest BCUT2D eigenvalue weighted by Crippen LogP contribution is -2.38. The van der Waals surface area contributed by atoms with Crippen molar-refractivity contribution in [2.24, 2.45) is 0 Å². The Morgan fingerprint density at radius 1 is 1.33 bits per heavy atom. The van der Waals surface area contributed by atoms with Gasteiger partial charge in [-0.3, -0.25) is 5.32 Å². The van der Waals surface area contributed by atoms with E-state index in [4.69, 9.17) is 0 Å². The van der Waals surface area contributed by atoms with Gasteiger partial charge in [0.05, 0.1) is 6.20 Å². The first-order chi connectivity index (χ1) is 8.83. The average molecular weight is 260 g/mol. The largest absolute Gasteiger partial charge is 0.322 e. The van der Waals surface area contributed by atoms with Crippen molar-refractivity contribution < 1.29 is 4.79 Å². The molecule has 0 bridgehead atoms. The number of anilines is 1. The summed E-state index contributed by atoms with van der Waals surface area (Å²) in [6.45, 7) is 1.41. The summed E-state index contributed by atoms with van der Waals surface area (Å²) in [5.74, 6) is 0. The smallest absolute Gasteiger partial charge is 0.320 e. The van der Waals surface area contributed by atoms with Gasteiger partial charge in [-0.1, -0.05) is 28.8 Å². The third-order valence-corrected chi connectivity index (χ3v) is 3.59. The molecule has 0 aliphatic carbocycles. The van der Waals surface area contributed by atoms with Gasteiger partial charge in [0.25, 0.3) is 0 Å². The van der Waals surface area contributed by atoms with Crippen molar-refractivity contribution in [1.82, 2.24) is 14.5 Å². The second-order valence-corrected chi connectivity index (χ2v) is 4.94. The number of carbonyl (C=O) groups is 1. The van der Waals surface area contributed by atoms with Crippen molar-refractivity contribution in [1.29, 1.82) is 0 Å². The fourth-order valence-electron chi connectivity index (χ4n) is 2.08. The number of aromatic nitrogens is 2. The molecule has 6 heteroatoms. The molecule has 2 amide bonds. The zero-order valence-electron chi connectivity index (χ0n) is 9.67. The minimum absolute atomic E-state index is 0.0875. The van der Waals surface area contributed by atoms with E-state index in [9.17, 15) is 4.79 Å². The van der Waals surface area contributed by atoms with E-state index >= 15 is 0 Å². The Morgan fingerprint density at radius 3 is 2.94 bits per heavy atom. The fraction of sp³-hybridized carbons (Fsp3) is 0.250. The van der Waals surface area contributed by atoms with Gasteiger partial charge in [0.15, 0.2) is 0 Å². The molecule has 1 aliphatic heterocycles. The number of amides is 2. The molecule has 2 heterocycles. The van der Waals surface area contributed by atoms with Crippen LogP contribution in [-0.4, -0.2) is 27.1 Å². The highest BCUT2D eigenvalue weighted by Gasteiger charge is 2.20. The Balaban J connectivity index is 1.70. The fourth-order valence-corrected chi connectivity index (χ4v) is 2.49. The van der Waals surface area contributed by atoms with Crippen LogP contribution >= 0.6 is 11.5 Å². The van der Waals surface area contributed by atoms with Gasteiger partial charge in [-0.2, -0.15) is 0 Å². The summed E-state index contributed by atoms with van der Waals surface area (Å²) in [6.07, 6.45) is 2.46. The highest BCUT2D eigenvalue weighted by atomic mass is 32.1. The number of fused-ring (bicyclic) bond motifs is 1. The molecular formula is C12H12N4OS. The lowest BCUT2D eigenvalue weighted by atomic mass is 10.0. The summed E-state index contributed by atoms with van der Waals surface area (Å²) in [7, 11) is 0. The van der Waals surface area contributed by atoms with Crippen molar-refractivity contribution in [3.05, 3.63) is 41.6 Å². The van der Waals surface area contributed by atoms with Gasteiger partial charge in [-0.25, -0.2) is 4.79 Å². The van der Waals surface area contributed by atoms with E-state index in [2.05, 4.69) is 27.0 Å². The topological polar surface area (TPSA) is 58.1 Å². The number of benzene rings is 1. The van der Waals surface area contributed by atoms with Crippen LogP contribution in [-0.2, 0) is 13.0 Å². The number of nitrogens with one attached hydrogen (secondary N) is 1. The van der Waals surface area contributed by atoms with Crippen LogP contribution in [0.4, 0.5) is 9.80 Å². The molecule has 0 fully saturated rings. The maximum absolute atomic E-state index is 12.0. The lowest BCUT2D eigenvalue weighted by molar-refractivity contribution is 0.206. The predicted molar refractivity (Wildman–Crippen MR) is 69.5 cm³/mol. The van der Waals surface area contributed by atoms with Crippen LogP contribution in [0.3, 0.4) is 0 Å². The minimum Gasteiger partial charge on any atom is -0.320 e. The molecule has 0 spiro atoms. The van der Waals surface area contributed by atoms with Crippen LogP contribution in [0.15, 0.2) is 30.5 Å². The zero-order valence-corrected chi connectivity index (χ0v) is 10.5. The molecule has 0 saturated carbocycles. The normalized spacial score (nSPS) is 14.1. The van der Waals surface area contributed by atoms with Gasteiger partial charge in [0.2, 0.25) is 0 Å². The number of carbonyl (C=O) groups excluding carboxylic acids is 1. The summed E-state index contributed by atoms with van der Waals surface area (Å²) in [5, 5.41) is 7.17. The van der Waals surface area contributed by atoms with E-state index in [-0.39, 0.29) is 6.03 Å². The second-order valence-electron chi connectivity index (χ2n) is 4.15. The molecule has 1 aromatic heterocycles. The molecule has 0 unspecified atom stereocenters. The molecule has 1 aromatic carbocycles. The third kappa shape index (κ3) is 2.19. The van der Waals surface area contributed by atoms with Crippen molar-refractivity contribution in [3.63, 3.8) is 0 Å². The molecule has 1 N–H and O–H groups in total. The summed E-state index contributed by atoms with van der Waals surface area (Å²) < 4.78 is 3.71. The molecule has 92 valence electrons. The molecule has 3 rings (SSSR count). The maximum atomic E-state index is 12.0. The van der Waals surface area contributed by atoms with Crippen molar-refractivity contribution in [2.45, 2.75) is 13.0 Å². The van der Waals surface area contributed by atoms with Crippen LogP contribution in [0.1, 0.15) is 11.1 Å². The van der Waals surface area contributed by atoms with Gasteiger partial charge in [0.1, 0.15) is 5.00 Å². The first-order valence-electron chi connectivity index (χ1n) is 5.73. The van der Waals surface area contributed by atoms with Crippen LogP contribution < -0.4 is 5.32 Å². The van der Waals surface area contributed by atoms with Gasteiger partial charge in [0, 0.05) is 24.6 Å². The Bertz CT molecular complexity index is 555. The standard InChI is InChI=1S/C12H12N4OS/c17-12(14-11-7-13-15-18-11)16-6-5-9-3-1-2-4-10(9)8-16/h1-4,7H,5-6,8H2,(H,14,17). The second kappa shape index (κ2) is 4.73. The van der Waals surface area contributed by atoms with Crippen molar-refractivity contribution in [2.75, 3.05) is 11.9 Å². The van der Waals surface area contributed by atoms with Crippen LogP contribution in [0.2, 0.25) is 0 Å². The average Bonchev–Trinajstić information content (AvgIpc) is 2.91. The quantitative estimate of drug-likeness (QED) is 0.854. The summed E-state index contributed by atoms with van der Waals surface area (Å²) in [6, 6.07) is 8.15. The monoisotopic (exact) mass is 260 g/mol. The molecule has 1 aliphatic rings. The molecular weight excluding hydrogens is 248 g/mol. The Hall–Kier alpha value is -1.95. The number of hydrogen-bond acceptors (Lipinski definition) is 4. The first kappa shape index (κ1) is 11.2. The predicted octanol–water partition coefficient (Wildman–Crippen LogP) is 2.13. The van der Waals surface area contributed by atoms with Gasteiger partial charge < -0.3 is 4.90 Å². The molecule has 2 aromatic rings. The SMILES string of the molecule is O=C(Nc1cnns1)N1CCc2ccccc2C1. The van der Waals surface area contributed by atoms with Gasteiger partial charge in [-0.05, 0) is 17.5 Å². The van der Waals surface area contributed by atoms with Crippen LogP contribution in [0.25, 0.3) is 0 Å². The number of rotatable bonds is 1. The zero-order chi connectivity index (χ0) is 12.4. The first-order valence-corrected chi connectivity index (χ1v) is 6.50. The lowest BCUT2D eigenvalue weighted by Gasteiger charge is -2.28. The number of nitrogens with zero attached hydrogens (tertiary/aromatic N) is 3. The van der Waals surface area contributed by atoms with E-state index in [1.54, 1.807) is 6.20 Å². The summed E-state index contributed by atoms with van der Waals surface area (Å²) in [5.41, 5.74) is 2.56. The Morgan fingerprint density at radius 2 is 2.17 bits per heavy atom. The summed E-state index contributed by atoms with van der Waals surface area (Å²) >= 11 is 1.18. The Labute approximate surface area is 109 Å². The van der Waals surface area contributed by atoms with E-state index < -0.39 is 0 Å². The molecule has 5 nitrogen and oxygen atoms in total. The summed E-state index contributed by atoms with van der Waals surface area (Å²) in [4.78, 5) is 13.8. The van der Waals surface area contributed by atoms with Gasteiger partial charge >= 0.3 is 6.03 Å². The molecule has 0 radical (unpaired) electrons. The maximum Gasteiger partial charge on any atom is 0.322 e. The van der Waals surface area contributed by atoms with E-state index in [0.717, 1.165) is 13.0 Å². The van der Waals surface area contributed by atoms with E-state index in [1.165, 1.54) is 22.7 Å². The van der Waals surface area contributed by atoms with Crippen LogP contribution in [0, 0.1) is 0 Å². The number of urea groups is 1. The Kier molecular flexibility index (Phi) is 2.93. The van der Waals surface area contributed by atoms with Crippen molar-refractivity contribution in [3.8, 4) is 0 Å².